The molecule has 170 valence electrons. The number of benzene rings is 2. The van der Waals surface area contributed by atoms with E-state index in [-0.39, 0.29) is 0 Å². The van der Waals surface area contributed by atoms with Crippen LogP contribution in [0.3, 0.4) is 0 Å². The zero-order valence-corrected chi connectivity index (χ0v) is 19.2. The van der Waals surface area contributed by atoms with E-state index >= 15 is 0 Å². The minimum Gasteiger partial charge on any atom is -0.265 e. The van der Waals surface area contributed by atoms with Gasteiger partial charge in [-0.25, -0.2) is 15.0 Å². The molecule has 0 radical (unpaired) electrons. The summed E-state index contributed by atoms with van der Waals surface area (Å²) in [6.45, 7) is 0. The van der Waals surface area contributed by atoms with Crippen molar-refractivity contribution in [1.82, 2.24) is 29.9 Å². The minimum atomic E-state index is 0.581. The fourth-order valence-corrected chi connectivity index (χ4v) is 3.96. The van der Waals surface area contributed by atoms with Crippen molar-refractivity contribution >= 4 is 0 Å². The third-order valence-corrected chi connectivity index (χ3v) is 5.85. The van der Waals surface area contributed by atoms with Crippen LogP contribution in [-0.2, 0) is 0 Å². The fraction of sp³-hybridized carbons (Fsp3) is 0. The second-order valence-corrected chi connectivity index (χ2v) is 8.18. The van der Waals surface area contributed by atoms with Crippen molar-refractivity contribution in [3.05, 3.63) is 122 Å². The number of aromatic nitrogens is 6. The lowest BCUT2D eigenvalue weighted by molar-refractivity contribution is 1.07. The van der Waals surface area contributed by atoms with Crippen LogP contribution in [0.2, 0.25) is 0 Å². The summed E-state index contributed by atoms with van der Waals surface area (Å²) in [6, 6.07) is 28.2. The number of hydrogen-bond donors (Lipinski definition) is 0. The molecular weight excluding hydrogens is 444 g/mol. The van der Waals surface area contributed by atoms with Gasteiger partial charge in [0.05, 0.1) is 0 Å². The lowest BCUT2D eigenvalue weighted by Gasteiger charge is -2.09. The van der Waals surface area contributed by atoms with E-state index < -0.39 is 0 Å². The molecule has 0 spiro atoms. The van der Waals surface area contributed by atoms with Crippen LogP contribution >= 0.6 is 0 Å². The lowest BCUT2D eigenvalue weighted by atomic mass is 10.0. The molecular formula is C30H20N6. The van der Waals surface area contributed by atoms with E-state index in [1.54, 1.807) is 31.0 Å². The highest BCUT2D eigenvalue weighted by Crippen LogP contribution is 2.28. The van der Waals surface area contributed by atoms with Crippen molar-refractivity contribution in [2.75, 3.05) is 0 Å². The maximum Gasteiger partial charge on any atom is 0.165 e. The summed E-state index contributed by atoms with van der Waals surface area (Å²) < 4.78 is 0. The molecule has 4 heterocycles. The Hall–Kier alpha value is -5.10. The van der Waals surface area contributed by atoms with Crippen molar-refractivity contribution < 1.29 is 0 Å². The Morgan fingerprint density at radius 2 is 0.722 bits per heavy atom. The van der Waals surface area contributed by atoms with E-state index in [4.69, 9.17) is 15.0 Å². The van der Waals surface area contributed by atoms with Crippen LogP contribution in [-0.4, -0.2) is 29.9 Å². The molecule has 6 rings (SSSR count). The first-order valence-corrected chi connectivity index (χ1v) is 11.5. The summed E-state index contributed by atoms with van der Waals surface area (Å²) in [6.07, 6.45) is 10.7. The van der Waals surface area contributed by atoms with Gasteiger partial charge in [-0.3, -0.25) is 15.0 Å². The van der Waals surface area contributed by atoms with Crippen LogP contribution in [0.25, 0.3) is 56.4 Å². The molecule has 0 saturated heterocycles. The van der Waals surface area contributed by atoms with Crippen molar-refractivity contribution in [2.24, 2.45) is 0 Å². The van der Waals surface area contributed by atoms with Gasteiger partial charge in [-0.1, -0.05) is 54.6 Å². The van der Waals surface area contributed by atoms with Gasteiger partial charge >= 0.3 is 0 Å². The molecule has 0 aliphatic rings. The average molecular weight is 465 g/mol. The Kier molecular flexibility index (Phi) is 5.74. The maximum atomic E-state index is 4.84. The zero-order valence-electron chi connectivity index (χ0n) is 19.2. The van der Waals surface area contributed by atoms with Gasteiger partial charge in [-0.05, 0) is 52.6 Å². The van der Waals surface area contributed by atoms with Crippen LogP contribution in [0.15, 0.2) is 122 Å². The molecule has 2 aromatic carbocycles. The van der Waals surface area contributed by atoms with Crippen LogP contribution in [0.5, 0.6) is 0 Å². The molecule has 6 aromatic rings. The molecule has 0 aliphatic carbocycles. The predicted molar refractivity (Wildman–Crippen MR) is 140 cm³/mol. The van der Waals surface area contributed by atoms with Gasteiger partial charge in [0.2, 0.25) is 0 Å². The highest BCUT2D eigenvalue weighted by Gasteiger charge is 2.13. The van der Waals surface area contributed by atoms with Gasteiger partial charge in [0.15, 0.2) is 17.5 Å². The largest absolute Gasteiger partial charge is 0.265 e. The third-order valence-electron chi connectivity index (χ3n) is 5.85. The van der Waals surface area contributed by atoms with Gasteiger partial charge in [-0.2, -0.15) is 0 Å². The van der Waals surface area contributed by atoms with Crippen molar-refractivity contribution in [1.29, 1.82) is 0 Å². The Labute approximate surface area is 208 Å². The first-order chi connectivity index (χ1) is 17.8. The first-order valence-electron chi connectivity index (χ1n) is 11.5. The smallest absolute Gasteiger partial charge is 0.165 e. The topological polar surface area (TPSA) is 77.3 Å². The molecule has 36 heavy (non-hydrogen) atoms. The normalized spacial score (nSPS) is 10.8. The summed E-state index contributed by atoms with van der Waals surface area (Å²) in [5.74, 6) is 1.80. The molecule has 0 fully saturated rings. The number of hydrogen-bond acceptors (Lipinski definition) is 6. The summed E-state index contributed by atoms with van der Waals surface area (Å²) in [5, 5.41) is 0. The van der Waals surface area contributed by atoms with Crippen molar-refractivity contribution in [2.45, 2.75) is 0 Å². The maximum absolute atomic E-state index is 4.84. The van der Waals surface area contributed by atoms with E-state index in [0.717, 1.165) is 38.9 Å². The number of pyridine rings is 3. The average Bonchev–Trinajstić information content (AvgIpc) is 2.98. The number of nitrogens with zero attached hydrogens (tertiary/aromatic N) is 6. The Balaban J connectivity index is 1.41. The van der Waals surface area contributed by atoms with E-state index in [1.165, 1.54) is 0 Å². The number of rotatable bonds is 5. The highest BCUT2D eigenvalue weighted by molar-refractivity contribution is 5.71. The molecule has 0 atom stereocenters. The zero-order chi connectivity index (χ0) is 24.2. The highest BCUT2D eigenvalue weighted by atomic mass is 15.0. The fourth-order valence-electron chi connectivity index (χ4n) is 3.96. The van der Waals surface area contributed by atoms with Gasteiger partial charge in [-0.15, -0.1) is 0 Å². The van der Waals surface area contributed by atoms with E-state index in [9.17, 15) is 0 Å². The molecule has 4 aromatic heterocycles. The summed E-state index contributed by atoms with van der Waals surface area (Å²) >= 11 is 0. The van der Waals surface area contributed by atoms with Crippen LogP contribution in [0.4, 0.5) is 0 Å². The molecule has 0 unspecified atom stereocenters. The van der Waals surface area contributed by atoms with Crippen molar-refractivity contribution in [3.63, 3.8) is 0 Å². The quantitative estimate of drug-likeness (QED) is 0.294. The van der Waals surface area contributed by atoms with E-state index in [1.807, 2.05) is 66.9 Å². The Bertz CT molecular complexity index is 1480. The molecule has 0 bridgehead atoms. The van der Waals surface area contributed by atoms with E-state index in [0.29, 0.717) is 17.5 Å². The monoisotopic (exact) mass is 464 g/mol. The van der Waals surface area contributed by atoms with Gasteiger partial charge < -0.3 is 0 Å². The van der Waals surface area contributed by atoms with Gasteiger partial charge in [0.1, 0.15) is 0 Å². The second kappa shape index (κ2) is 9.64. The molecule has 6 nitrogen and oxygen atoms in total. The molecule has 0 amide bonds. The van der Waals surface area contributed by atoms with Gasteiger partial charge in [0, 0.05) is 53.9 Å². The summed E-state index contributed by atoms with van der Waals surface area (Å²) in [7, 11) is 0. The summed E-state index contributed by atoms with van der Waals surface area (Å²) in [5.41, 5.74) is 7.01. The standard InChI is InChI=1S/C30H20N6/c1-3-26(19-32-15-1)22-7-11-25(12-8-22)29-34-28(35-30(36-29)27-4-2-16-33-20-27)24-9-5-21(6-10-24)23-13-17-31-18-14-23/h1-20H. The Morgan fingerprint density at radius 3 is 1.22 bits per heavy atom. The van der Waals surface area contributed by atoms with Gasteiger partial charge in [0.25, 0.3) is 0 Å². The van der Waals surface area contributed by atoms with Crippen LogP contribution in [0.1, 0.15) is 0 Å². The predicted octanol–water partition coefficient (Wildman–Crippen LogP) is 6.39. The Morgan fingerprint density at radius 1 is 0.306 bits per heavy atom. The van der Waals surface area contributed by atoms with E-state index in [2.05, 4.69) is 39.2 Å². The SMILES string of the molecule is c1cncc(-c2ccc(-c3nc(-c4ccc(-c5ccncc5)cc4)nc(-c4cccnc4)n3)cc2)c1. The summed E-state index contributed by atoms with van der Waals surface area (Å²) in [4.78, 5) is 27.0. The van der Waals surface area contributed by atoms with Crippen LogP contribution in [0, 0.1) is 0 Å². The molecule has 6 heteroatoms. The first kappa shape index (κ1) is 21.4. The molecule has 0 aliphatic heterocycles. The molecule has 0 saturated carbocycles. The second-order valence-electron chi connectivity index (χ2n) is 8.18. The lowest BCUT2D eigenvalue weighted by Crippen LogP contribution is -2.00. The molecule has 0 N–H and O–H groups in total. The third kappa shape index (κ3) is 4.48. The van der Waals surface area contributed by atoms with Crippen LogP contribution < -0.4 is 0 Å². The van der Waals surface area contributed by atoms with Crippen molar-refractivity contribution in [3.8, 4) is 56.4 Å². The minimum absolute atomic E-state index is 0.581.